The number of hydrogen-bond acceptors (Lipinski definition) is 3. The SMILES string of the molecule is Cc1cccnc1C(NC(=O)C1CCN(C(=O)O)CC1)c1ccc(F)cc1. The van der Waals surface area contributed by atoms with E-state index in [1.54, 1.807) is 18.3 Å². The third kappa shape index (κ3) is 4.42. The Morgan fingerprint density at radius 3 is 2.48 bits per heavy atom. The molecule has 7 heteroatoms. The number of pyridine rings is 1. The molecule has 27 heavy (non-hydrogen) atoms. The lowest BCUT2D eigenvalue weighted by molar-refractivity contribution is -0.126. The number of hydrogen-bond donors (Lipinski definition) is 2. The largest absolute Gasteiger partial charge is 0.465 e. The number of aryl methyl sites for hydroxylation is 1. The monoisotopic (exact) mass is 371 g/mol. The van der Waals surface area contributed by atoms with Crippen molar-refractivity contribution in [1.29, 1.82) is 0 Å². The predicted molar refractivity (Wildman–Crippen MR) is 97.7 cm³/mol. The number of piperidine rings is 1. The van der Waals surface area contributed by atoms with Gasteiger partial charge in [-0.1, -0.05) is 18.2 Å². The minimum Gasteiger partial charge on any atom is -0.465 e. The van der Waals surface area contributed by atoms with Crippen LogP contribution >= 0.6 is 0 Å². The molecule has 2 aromatic rings. The third-order valence-electron chi connectivity index (χ3n) is 4.95. The van der Waals surface area contributed by atoms with Gasteiger partial charge in [0.05, 0.1) is 11.7 Å². The Balaban J connectivity index is 1.80. The lowest BCUT2D eigenvalue weighted by atomic mass is 9.94. The molecule has 0 saturated carbocycles. The Morgan fingerprint density at radius 1 is 1.22 bits per heavy atom. The quantitative estimate of drug-likeness (QED) is 0.865. The number of amides is 2. The Morgan fingerprint density at radius 2 is 1.89 bits per heavy atom. The molecular weight excluding hydrogens is 349 g/mol. The second kappa shape index (κ2) is 8.16. The summed E-state index contributed by atoms with van der Waals surface area (Å²) in [5.74, 6) is -0.741. The first-order valence-corrected chi connectivity index (χ1v) is 8.91. The first-order valence-electron chi connectivity index (χ1n) is 8.91. The van der Waals surface area contributed by atoms with Crippen LogP contribution in [0.15, 0.2) is 42.6 Å². The number of carboxylic acid groups (broad SMARTS) is 1. The van der Waals surface area contributed by atoms with Crippen molar-refractivity contribution in [3.63, 3.8) is 0 Å². The first-order chi connectivity index (χ1) is 13.0. The van der Waals surface area contributed by atoms with Crippen molar-refractivity contribution in [3.8, 4) is 0 Å². The molecule has 1 aliphatic heterocycles. The Labute approximate surface area is 157 Å². The van der Waals surface area contributed by atoms with Gasteiger partial charge in [-0.15, -0.1) is 0 Å². The summed E-state index contributed by atoms with van der Waals surface area (Å²) in [4.78, 5) is 29.6. The van der Waals surface area contributed by atoms with Gasteiger partial charge in [-0.2, -0.15) is 0 Å². The standard InChI is InChI=1S/C20H22FN3O3/c1-13-3-2-10-22-17(13)18(14-4-6-16(21)7-5-14)23-19(25)15-8-11-24(12-9-15)20(26)27/h2-7,10,15,18H,8-9,11-12H2,1H3,(H,23,25)(H,26,27). The molecule has 1 aliphatic rings. The number of rotatable bonds is 4. The van der Waals surface area contributed by atoms with Crippen LogP contribution in [0.1, 0.15) is 35.7 Å². The molecule has 6 nitrogen and oxygen atoms in total. The predicted octanol–water partition coefficient (Wildman–Crippen LogP) is 3.12. The van der Waals surface area contributed by atoms with E-state index < -0.39 is 12.1 Å². The van der Waals surface area contributed by atoms with Gasteiger partial charge in [-0.25, -0.2) is 9.18 Å². The fourth-order valence-electron chi connectivity index (χ4n) is 3.36. The molecule has 0 spiro atoms. The lowest BCUT2D eigenvalue weighted by Crippen LogP contribution is -2.43. The average molecular weight is 371 g/mol. The Bertz CT molecular complexity index is 817. The van der Waals surface area contributed by atoms with E-state index in [9.17, 15) is 14.0 Å². The van der Waals surface area contributed by atoms with Gasteiger partial charge in [0.2, 0.25) is 5.91 Å². The highest BCUT2D eigenvalue weighted by molar-refractivity contribution is 5.80. The molecule has 142 valence electrons. The molecule has 2 amide bonds. The average Bonchev–Trinajstić information content (AvgIpc) is 2.67. The van der Waals surface area contributed by atoms with E-state index in [0.717, 1.165) is 11.1 Å². The van der Waals surface area contributed by atoms with Crippen LogP contribution in [0, 0.1) is 18.7 Å². The summed E-state index contributed by atoms with van der Waals surface area (Å²) in [5, 5.41) is 12.1. The number of likely N-dealkylation sites (tertiary alicyclic amines) is 1. The number of nitrogens with zero attached hydrogens (tertiary/aromatic N) is 2. The second-order valence-electron chi connectivity index (χ2n) is 6.74. The van der Waals surface area contributed by atoms with E-state index >= 15 is 0 Å². The van der Waals surface area contributed by atoms with Gasteiger partial charge in [-0.3, -0.25) is 9.78 Å². The first kappa shape index (κ1) is 18.8. The zero-order valence-corrected chi connectivity index (χ0v) is 15.1. The highest BCUT2D eigenvalue weighted by Crippen LogP contribution is 2.25. The molecule has 1 saturated heterocycles. The van der Waals surface area contributed by atoms with E-state index in [1.807, 2.05) is 19.1 Å². The molecule has 1 atom stereocenters. The van der Waals surface area contributed by atoms with Gasteiger partial charge < -0.3 is 15.3 Å². The van der Waals surface area contributed by atoms with Crippen molar-refractivity contribution in [1.82, 2.24) is 15.2 Å². The van der Waals surface area contributed by atoms with Crippen LogP contribution in [0.25, 0.3) is 0 Å². The van der Waals surface area contributed by atoms with Gasteiger partial charge in [0, 0.05) is 25.2 Å². The van der Waals surface area contributed by atoms with Crippen LogP contribution in [-0.2, 0) is 4.79 Å². The van der Waals surface area contributed by atoms with Crippen LogP contribution in [0.2, 0.25) is 0 Å². The molecule has 1 aromatic heterocycles. The van der Waals surface area contributed by atoms with Gasteiger partial charge in [0.25, 0.3) is 0 Å². The molecule has 0 radical (unpaired) electrons. The van der Waals surface area contributed by atoms with E-state index in [0.29, 0.717) is 31.6 Å². The normalized spacial score (nSPS) is 16.0. The molecule has 3 rings (SSSR count). The number of benzene rings is 1. The maximum Gasteiger partial charge on any atom is 0.407 e. The summed E-state index contributed by atoms with van der Waals surface area (Å²) < 4.78 is 13.3. The molecule has 1 unspecified atom stereocenters. The second-order valence-corrected chi connectivity index (χ2v) is 6.74. The van der Waals surface area contributed by atoms with Crippen LogP contribution in [0.5, 0.6) is 0 Å². The smallest absolute Gasteiger partial charge is 0.407 e. The highest BCUT2D eigenvalue weighted by Gasteiger charge is 2.29. The van der Waals surface area contributed by atoms with Crippen molar-refractivity contribution in [3.05, 3.63) is 65.2 Å². The maximum atomic E-state index is 13.3. The minimum absolute atomic E-state index is 0.139. The third-order valence-corrected chi connectivity index (χ3v) is 4.95. The van der Waals surface area contributed by atoms with Crippen LogP contribution in [0.3, 0.4) is 0 Å². The molecule has 0 aliphatic carbocycles. The Hall–Kier alpha value is -2.96. The van der Waals surface area contributed by atoms with Crippen LogP contribution < -0.4 is 5.32 Å². The molecule has 0 bridgehead atoms. The number of halogens is 1. The van der Waals surface area contributed by atoms with Crippen molar-refractivity contribution in [2.45, 2.75) is 25.8 Å². The zero-order valence-electron chi connectivity index (χ0n) is 15.1. The summed E-state index contributed by atoms with van der Waals surface area (Å²) in [6, 6.07) is 9.25. The lowest BCUT2D eigenvalue weighted by Gasteiger charge is -2.30. The van der Waals surface area contributed by atoms with Gasteiger partial charge in [0.1, 0.15) is 5.82 Å². The van der Waals surface area contributed by atoms with Crippen molar-refractivity contribution >= 4 is 12.0 Å². The van der Waals surface area contributed by atoms with Crippen molar-refractivity contribution in [2.24, 2.45) is 5.92 Å². The number of nitrogens with one attached hydrogen (secondary N) is 1. The summed E-state index contributed by atoms with van der Waals surface area (Å²) in [7, 11) is 0. The molecule has 2 heterocycles. The highest BCUT2D eigenvalue weighted by atomic mass is 19.1. The van der Waals surface area contributed by atoms with Crippen molar-refractivity contribution < 1.29 is 19.1 Å². The van der Waals surface area contributed by atoms with Gasteiger partial charge in [0.15, 0.2) is 0 Å². The van der Waals surface area contributed by atoms with Crippen LogP contribution in [-0.4, -0.2) is 40.1 Å². The summed E-state index contributed by atoms with van der Waals surface area (Å²) in [5.41, 5.74) is 2.38. The van der Waals surface area contributed by atoms with Crippen molar-refractivity contribution in [2.75, 3.05) is 13.1 Å². The van der Waals surface area contributed by atoms with Gasteiger partial charge in [-0.05, 0) is 49.1 Å². The minimum atomic E-state index is -0.956. The van der Waals surface area contributed by atoms with E-state index in [-0.39, 0.29) is 17.6 Å². The Kier molecular flexibility index (Phi) is 5.69. The maximum absolute atomic E-state index is 13.3. The molecular formula is C20H22FN3O3. The fraction of sp³-hybridized carbons (Fsp3) is 0.350. The van der Waals surface area contributed by atoms with E-state index in [2.05, 4.69) is 10.3 Å². The molecule has 1 fully saturated rings. The zero-order chi connectivity index (χ0) is 19.4. The number of aromatic nitrogens is 1. The van der Waals surface area contributed by atoms with E-state index in [4.69, 9.17) is 5.11 Å². The molecule has 2 N–H and O–H groups in total. The van der Waals surface area contributed by atoms with Gasteiger partial charge >= 0.3 is 6.09 Å². The van der Waals surface area contributed by atoms with Crippen LogP contribution in [0.4, 0.5) is 9.18 Å². The number of carbonyl (C=O) groups is 2. The number of carbonyl (C=O) groups excluding carboxylic acids is 1. The van der Waals surface area contributed by atoms with E-state index in [1.165, 1.54) is 17.0 Å². The fourth-order valence-corrected chi connectivity index (χ4v) is 3.36. The summed E-state index contributed by atoms with van der Waals surface area (Å²) in [6.07, 6.45) is 1.67. The molecule has 1 aromatic carbocycles. The summed E-state index contributed by atoms with van der Waals surface area (Å²) in [6.45, 7) is 2.60. The summed E-state index contributed by atoms with van der Waals surface area (Å²) >= 11 is 0. The topological polar surface area (TPSA) is 82.5 Å².